The van der Waals surface area contributed by atoms with Crippen molar-refractivity contribution in [1.29, 1.82) is 0 Å². The van der Waals surface area contributed by atoms with E-state index in [-0.39, 0.29) is 22.7 Å². The van der Waals surface area contributed by atoms with Gasteiger partial charge in [0.1, 0.15) is 0 Å². The molecule has 17 aromatic rings. The number of hydrogen-bond acceptors (Lipinski definition) is 2. The van der Waals surface area contributed by atoms with Crippen molar-refractivity contribution in [2.45, 2.75) is 70.6 Å². The average Bonchev–Trinajstić information content (AvgIpc) is 0.683. The van der Waals surface area contributed by atoms with E-state index in [4.69, 9.17) is 0 Å². The summed E-state index contributed by atoms with van der Waals surface area (Å²) in [6.07, 6.45) is 0.853. The molecule has 2 aliphatic heterocycles. The highest BCUT2D eigenvalue weighted by Crippen LogP contribution is 2.66. The number of fused-ring (bicyclic) bond motifs is 6. The molecule has 0 atom stereocenters. The maximum absolute atomic E-state index is 2.75. The molecule has 550 valence electrons. The zero-order chi connectivity index (χ0) is 77.5. The lowest BCUT2D eigenvalue weighted by Gasteiger charge is -2.47. The molecule has 0 fully saturated rings. The molecule has 2 heteroatoms. The van der Waals surface area contributed by atoms with E-state index in [2.05, 4.69) is 452 Å². The lowest BCUT2D eigenvalue weighted by Crippen LogP contribution is -2.31. The molecule has 0 amide bonds. The van der Waals surface area contributed by atoms with Gasteiger partial charge in [-0.3, -0.25) is 0 Å². The number of nitrogens with zero attached hydrogens (tertiary/aromatic N) is 2. The van der Waals surface area contributed by atoms with Crippen LogP contribution in [0.3, 0.4) is 0 Å². The summed E-state index contributed by atoms with van der Waals surface area (Å²) in [5.41, 5.74) is 42.4. The predicted octanol–water partition coefficient (Wildman–Crippen LogP) is 30.8. The van der Waals surface area contributed by atoms with Gasteiger partial charge in [-0.15, -0.1) is 0 Å². The van der Waals surface area contributed by atoms with E-state index in [1.165, 1.54) is 89.0 Å². The van der Waals surface area contributed by atoms with E-state index in [1.807, 2.05) is 0 Å². The van der Waals surface area contributed by atoms with Gasteiger partial charge in [-0.25, -0.2) is 0 Å². The Morgan fingerprint density at radius 3 is 0.826 bits per heavy atom. The molecule has 0 saturated carbocycles. The minimum Gasteiger partial charge on any atom is -0.309 e. The summed E-state index contributed by atoms with van der Waals surface area (Å²) >= 11 is 0. The summed E-state index contributed by atoms with van der Waals surface area (Å²) in [5, 5.41) is 0. The van der Waals surface area contributed by atoms with Crippen LogP contribution in [0.25, 0.3) is 111 Å². The lowest BCUT2D eigenvalue weighted by molar-refractivity contribution is 0.590. The van der Waals surface area contributed by atoms with Crippen molar-refractivity contribution in [2.24, 2.45) is 0 Å². The topological polar surface area (TPSA) is 6.48 Å². The van der Waals surface area contributed by atoms with Crippen molar-refractivity contribution >= 4 is 34.1 Å². The molecule has 0 saturated heterocycles. The molecule has 0 unspecified atom stereocenters. The standard InChI is InChI=1S/C113H88N2/c1-112(2,3)89-57-59-91(95(72-89)76-39-19-9-20-40-76)84-55-61-103-101(64-84)108-102-65-85(92-60-58-90(113(4,5)6)73-96(92)77-41-21-10-22-42-77)56-62-104(102)115(111-99(80-47-27-13-28-48-80)68-87(75-37-17-8-18-38-75)69-100(111)81-49-29-14-30-50-81)106-71-88(107-93-53-33-31-51-82(93)63-83-52-32-34-54-94(83)107)70-105(109(106)108)114(103)110-97(78-43-23-11-24-44-78)66-86(74-35-15-7-16-36-74)67-98(110)79-45-25-12-26-46-79/h7-62,64-73,107-108H,63H2,1-6H3. The van der Waals surface area contributed by atoms with Crippen LogP contribution in [0.15, 0.2) is 400 Å². The minimum absolute atomic E-state index is 0.104. The van der Waals surface area contributed by atoms with Gasteiger partial charge in [-0.1, -0.05) is 381 Å². The first-order valence-corrected chi connectivity index (χ1v) is 40.6. The van der Waals surface area contributed by atoms with Gasteiger partial charge in [-0.2, -0.15) is 0 Å². The van der Waals surface area contributed by atoms with Gasteiger partial charge in [0.15, 0.2) is 0 Å². The van der Waals surface area contributed by atoms with E-state index in [9.17, 15) is 0 Å². The Morgan fingerprint density at radius 2 is 0.504 bits per heavy atom. The van der Waals surface area contributed by atoms with E-state index < -0.39 is 0 Å². The van der Waals surface area contributed by atoms with Crippen molar-refractivity contribution in [3.05, 3.63) is 456 Å². The maximum atomic E-state index is 2.75. The summed E-state index contributed by atoms with van der Waals surface area (Å²) < 4.78 is 0. The monoisotopic (exact) mass is 1470 g/mol. The van der Waals surface area contributed by atoms with Crippen LogP contribution < -0.4 is 9.80 Å². The Hall–Kier alpha value is -13.7. The second-order valence-corrected chi connectivity index (χ2v) is 33.4. The highest BCUT2D eigenvalue weighted by molar-refractivity contribution is 6.09. The van der Waals surface area contributed by atoms with Crippen molar-refractivity contribution in [3.63, 3.8) is 0 Å². The first kappa shape index (κ1) is 70.5. The van der Waals surface area contributed by atoms with Crippen LogP contribution in [-0.2, 0) is 17.3 Å². The van der Waals surface area contributed by atoms with Gasteiger partial charge in [0.05, 0.1) is 34.1 Å². The van der Waals surface area contributed by atoms with Gasteiger partial charge in [0, 0.05) is 39.7 Å². The van der Waals surface area contributed by atoms with Gasteiger partial charge in [-0.05, 0) is 217 Å². The number of benzene rings is 17. The second kappa shape index (κ2) is 28.8. The highest BCUT2D eigenvalue weighted by atomic mass is 15.2. The summed E-state index contributed by atoms with van der Waals surface area (Å²) in [7, 11) is 0. The fourth-order valence-corrected chi connectivity index (χ4v) is 18.6. The van der Waals surface area contributed by atoms with Gasteiger partial charge < -0.3 is 9.80 Å². The Morgan fingerprint density at radius 1 is 0.209 bits per heavy atom. The maximum Gasteiger partial charge on any atom is 0.0619 e. The Kier molecular flexibility index (Phi) is 17.7. The molecule has 1 aliphatic carbocycles. The van der Waals surface area contributed by atoms with Crippen LogP contribution in [0.4, 0.5) is 34.1 Å². The van der Waals surface area contributed by atoms with Gasteiger partial charge in [0.25, 0.3) is 0 Å². The molecule has 3 aliphatic rings. The van der Waals surface area contributed by atoms with E-state index >= 15 is 0 Å². The summed E-state index contributed by atoms with van der Waals surface area (Å²) in [5.74, 6) is -0.499. The molecule has 20 rings (SSSR count). The van der Waals surface area contributed by atoms with Crippen LogP contribution in [0.2, 0.25) is 0 Å². The van der Waals surface area contributed by atoms with Crippen molar-refractivity contribution in [3.8, 4) is 111 Å². The predicted molar refractivity (Wildman–Crippen MR) is 485 cm³/mol. The molecular formula is C113H88N2. The molecular weight excluding hydrogens is 1390 g/mol. The zero-order valence-electron chi connectivity index (χ0n) is 65.9. The largest absolute Gasteiger partial charge is 0.309 e. The molecule has 0 aromatic heterocycles. The zero-order valence-corrected chi connectivity index (χ0v) is 65.9. The van der Waals surface area contributed by atoms with E-state index in [1.54, 1.807) is 0 Å². The number of rotatable bonds is 13. The third-order valence-corrected chi connectivity index (χ3v) is 24.3. The molecule has 0 spiro atoms. The van der Waals surface area contributed by atoms with Crippen LogP contribution in [0.5, 0.6) is 0 Å². The van der Waals surface area contributed by atoms with E-state index in [0.29, 0.717) is 0 Å². The molecule has 0 bridgehead atoms. The van der Waals surface area contributed by atoms with Crippen LogP contribution >= 0.6 is 0 Å². The summed E-state index contributed by atoms with van der Waals surface area (Å²) in [6.45, 7) is 14.0. The Balaban J connectivity index is 0.994. The van der Waals surface area contributed by atoms with Crippen LogP contribution in [0, 0.1) is 0 Å². The molecule has 0 radical (unpaired) electrons. The molecule has 0 N–H and O–H groups in total. The molecule has 115 heavy (non-hydrogen) atoms. The third kappa shape index (κ3) is 12.7. The normalized spacial score (nSPS) is 13.0. The second-order valence-electron chi connectivity index (χ2n) is 33.4. The summed E-state index contributed by atoms with van der Waals surface area (Å²) in [4.78, 5) is 5.50. The number of hydrogen-bond donors (Lipinski definition) is 0. The minimum atomic E-state index is -0.349. The Labute approximate surface area is 677 Å². The quantitative estimate of drug-likeness (QED) is 0.114. The summed E-state index contributed by atoms with van der Waals surface area (Å²) in [6, 6.07) is 152. The average molecular weight is 1470 g/mol. The van der Waals surface area contributed by atoms with Crippen molar-refractivity contribution in [2.75, 3.05) is 9.80 Å². The molecule has 17 aromatic carbocycles. The Bertz CT molecular complexity index is 6020. The first-order chi connectivity index (χ1) is 56.3. The SMILES string of the molecule is CC(C)(C)c1ccc(-c2ccc3c(c2)C2c4cc(-c5ccc(C(C)(C)C)cc5-c5ccccc5)ccc4N(c4c(-c5ccccc5)cc(-c5ccccc5)cc4-c4ccccc4)c4cc(C5c6ccccc6Cc6ccccc65)cc(c42)N3c2c(-c3ccccc3)cc(-c3ccccc3)cc2-c2ccccc2)c(-c2ccccc2)c1. The van der Waals surface area contributed by atoms with Crippen molar-refractivity contribution in [1.82, 2.24) is 0 Å². The third-order valence-electron chi connectivity index (χ3n) is 24.3. The molecule has 2 nitrogen and oxygen atoms in total. The fourth-order valence-electron chi connectivity index (χ4n) is 18.6. The lowest BCUT2D eigenvalue weighted by atomic mass is 9.71. The smallest absolute Gasteiger partial charge is 0.0619 e. The first-order valence-electron chi connectivity index (χ1n) is 40.6. The van der Waals surface area contributed by atoms with Crippen LogP contribution in [-0.4, -0.2) is 0 Å². The van der Waals surface area contributed by atoms with E-state index in [0.717, 1.165) is 118 Å². The highest BCUT2D eigenvalue weighted by Gasteiger charge is 2.45. The molecule has 2 heterocycles. The van der Waals surface area contributed by atoms with Crippen LogP contribution in [0.1, 0.15) is 109 Å². The van der Waals surface area contributed by atoms with Gasteiger partial charge in [0.2, 0.25) is 0 Å². The fraction of sp³-hybridized carbons (Fsp3) is 0.0973. The van der Waals surface area contributed by atoms with Crippen molar-refractivity contribution < 1.29 is 0 Å². The number of anilines is 6. The van der Waals surface area contributed by atoms with Gasteiger partial charge >= 0.3 is 0 Å².